The number of allylic oxidation sites excluding steroid dienone is 1. The van der Waals surface area contributed by atoms with Crippen molar-refractivity contribution in [1.29, 1.82) is 5.26 Å². The summed E-state index contributed by atoms with van der Waals surface area (Å²) < 4.78 is 0. The summed E-state index contributed by atoms with van der Waals surface area (Å²) in [6.45, 7) is 2.53. The summed E-state index contributed by atoms with van der Waals surface area (Å²) >= 11 is 5.60. The van der Waals surface area contributed by atoms with Crippen LogP contribution in [0.5, 0.6) is 0 Å². The second-order valence-electron chi connectivity index (χ2n) is 2.46. The molecule has 14 heavy (non-hydrogen) atoms. The van der Waals surface area contributed by atoms with Gasteiger partial charge in [-0.3, -0.25) is 0 Å². The Kier molecular flexibility index (Phi) is 3.89. The molecule has 5 heteroatoms. The maximum absolute atomic E-state index is 8.73. The van der Waals surface area contributed by atoms with Gasteiger partial charge in [0.2, 0.25) is 5.28 Å². The van der Waals surface area contributed by atoms with Gasteiger partial charge in [0.05, 0.1) is 6.20 Å². The first-order valence-electron chi connectivity index (χ1n) is 4.05. The summed E-state index contributed by atoms with van der Waals surface area (Å²) in [5.41, 5.74) is 0.388. The van der Waals surface area contributed by atoms with E-state index in [4.69, 9.17) is 16.9 Å². The molecule has 1 aromatic rings. The fourth-order valence-corrected chi connectivity index (χ4v) is 0.984. The van der Waals surface area contributed by atoms with Crippen molar-refractivity contribution in [3.8, 4) is 6.07 Å². The van der Waals surface area contributed by atoms with E-state index in [2.05, 4.69) is 15.3 Å². The lowest BCUT2D eigenvalue weighted by atomic mass is 10.3. The molecule has 0 fully saturated rings. The molecule has 1 heterocycles. The monoisotopic (exact) mass is 208 g/mol. The summed E-state index contributed by atoms with van der Waals surface area (Å²) in [4.78, 5) is 7.62. The quantitative estimate of drug-likeness (QED) is 0.610. The van der Waals surface area contributed by atoms with E-state index in [1.165, 1.54) is 6.20 Å². The molecule has 0 amide bonds. The van der Waals surface area contributed by atoms with Gasteiger partial charge in [-0.15, -0.1) is 0 Å². The molecule has 1 aromatic heterocycles. The fourth-order valence-electron chi connectivity index (χ4n) is 0.850. The molecule has 0 atom stereocenters. The molecule has 0 aliphatic heterocycles. The minimum Gasteiger partial charge on any atom is -0.365 e. The van der Waals surface area contributed by atoms with Crippen molar-refractivity contribution in [2.45, 2.75) is 6.92 Å². The Morgan fingerprint density at radius 2 is 2.50 bits per heavy atom. The van der Waals surface area contributed by atoms with E-state index < -0.39 is 0 Å². The minimum atomic E-state index is 0.131. The van der Waals surface area contributed by atoms with Crippen LogP contribution in [0.4, 0.5) is 5.82 Å². The lowest BCUT2D eigenvalue weighted by Gasteiger charge is -2.03. The predicted octanol–water partition coefficient (Wildman–Crippen LogP) is 1.99. The molecular weight excluding hydrogens is 200 g/mol. The van der Waals surface area contributed by atoms with Crippen molar-refractivity contribution < 1.29 is 0 Å². The van der Waals surface area contributed by atoms with Crippen molar-refractivity contribution in [2.24, 2.45) is 0 Å². The van der Waals surface area contributed by atoms with Gasteiger partial charge in [0, 0.05) is 6.54 Å². The van der Waals surface area contributed by atoms with Crippen molar-refractivity contribution >= 4 is 17.4 Å². The average Bonchev–Trinajstić information content (AvgIpc) is 2.19. The first-order chi connectivity index (χ1) is 6.77. The van der Waals surface area contributed by atoms with Crippen molar-refractivity contribution in [2.75, 3.05) is 11.9 Å². The van der Waals surface area contributed by atoms with Gasteiger partial charge >= 0.3 is 0 Å². The van der Waals surface area contributed by atoms with Gasteiger partial charge in [0.25, 0.3) is 0 Å². The zero-order chi connectivity index (χ0) is 10.4. The van der Waals surface area contributed by atoms with Crippen LogP contribution < -0.4 is 5.32 Å². The molecular formula is C9H9ClN4. The van der Waals surface area contributed by atoms with Crippen molar-refractivity contribution in [3.63, 3.8) is 0 Å². The van der Waals surface area contributed by atoms with Crippen LogP contribution in [0.2, 0.25) is 5.28 Å². The van der Waals surface area contributed by atoms with E-state index in [9.17, 15) is 0 Å². The van der Waals surface area contributed by atoms with Crippen molar-refractivity contribution in [3.05, 3.63) is 29.2 Å². The van der Waals surface area contributed by atoms with Gasteiger partial charge in [0.15, 0.2) is 0 Å². The molecule has 0 unspecified atom stereocenters. The molecule has 1 rings (SSSR count). The molecule has 0 saturated carbocycles. The van der Waals surface area contributed by atoms with Gasteiger partial charge < -0.3 is 5.32 Å². The van der Waals surface area contributed by atoms with E-state index in [-0.39, 0.29) is 5.28 Å². The Labute approximate surface area is 87.3 Å². The number of nitrogens with one attached hydrogen (secondary N) is 1. The molecule has 0 aliphatic carbocycles. The molecule has 0 aromatic carbocycles. The number of nitriles is 1. The van der Waals surface area contributed by atoms with E-state index in [1.807, 2.05) is 25.1 Å². The van der Waals surface area contributed by atoms with E-state index in [0.29, 0.717) is 17.9 Å². The van der Waals surface area contributed by atoms with Crippen LogP contribution in [0.1, 0.15) is 12.5 Å². The Balaban J connectivity index is 2.83. The van der Waals surface area contributed by atoms with Gasteiger partial charge in [-0.2, -0.15) is 10.2 Å². The van der Waals surface area contributed by atoms with Crippen LogP contribution in [0.3, 0.4) is 0 Å². The molecule has 0 spiro atoms. The zero-order valence-corrected chi connectivity index (χ0v) is 8.41. The Hall–Kier alpha value is -1.60. The third kappa shape index (κ3) is 2.71. The minimum absolute atomic E-state index is 0.131. The fraction of sp³-hybridized carbons (Fsp3) is 0.222. The topological polar surface area (TPSA) is 61.6 Å². The normalized spacial score (nSPS) is 10.1. The molecule has 4 nitrogen and oxygen atoms in total. The lowest BCUT2D eigenvalue weighted by Crippen LogP contribution is -2.03. The van der Waals surface area contributed by atoms with E-state index in [0.717, 1.165) is 0 Å². The van der Waals surface area contributed by atoms with Crippen LogP contribution in [0.25, 0.3) is 0 Å². The summed E-state index contributed by atoms with van der Waals surface area (Å²) in [5.74, 6) is 0.464. The number of aromatic nitrogens is 2. The molecule has 0 saturated heterocycles. The SMILES string of the molecule is CC=CCNc1nc(Cl)ncc1C#N. The Bertz CT molecular complexity index is 381. The van der Waals surface area contributed by atoms with Crippen LogP contribution in [0, 0.1) is 11.3 Å². The zero-order valence-electron chi connectivity index (χ0n) is 7.66. The number of rotatable bonds is 3. The molecule has 0 bridgehead atoms. The number of hydrogen-bond donors (Lipinski definition) is 1. The van der Waals surface area contributed by atoms with Gasteiger partial charge in [0.1, 0.15) is 17.5 Å². The van der Waals surface area contributed by atoms with Crippen LogP contribution in [0.15, 0.2) is 18.3 Å². The number of hydrogen-bond acceptors (Lipinski definition) is 4. The van der Waals surface area contributed by atoms with E-state index >= 15 is 0 Å². The van der Waals surface area contributed by atoms with Gasteiger partial charge in [-0.25, -0.2) is 4.98 Å². The van der Waals surface area contributed by atoms with Crippen LogP contribution in [-0.4, -0.2) is 16.5 Å². The van der Waals surface area contributed by atoms with Crippen LogP contribution >= 0.6 is 11.6 Å². The molecule has 0 aliphatic rings. The molecule has 0 radical (unpaired) electrons. The average molecular weight is 209 g/mol. The standard InChI is InChI=1S/C9H9ClN4/c1-2-3-4-12-8-7(5-11)6-13-9(10)14-8/h2-3,6H,4H2,1H3,(H,12,13,14). The van der Waals surface area contributed by atoms with Gasteiger partial charge in [-0.05, 0) is 18.5 Å². The second-order valence-corrected chi connectivity index (χ2v) is 2.80. The molecule has 1 N–H and O–H groups in total. The highest BCUT2D eigenvalue weighted by atomic mass is 35.5. The maximum Gasteiger partial charge on any atom is 0.224 e. The third-order valence-electron chi connectivity index (χ3n) is 1.50. The largest absolute Gasteiger partial charge is 0.365 e. The number of nitrogens with zero attached hydrogens (tertiary/aromatic N) is 3. The highest BCUT2D eigenvalue weighted by Gasteiger charge is 2.03. The summed E-state index contributed by atoms with van der Waals surface area (Å²) in [5, 5.41) is 11.8. The Morgan fingerprint density at radius 1 is 1.71 bits per heavy atom. The first-order valence-corrected chi connectivity index (χ1v) is 4.43. The molecule has 72 valence electrons. The highest BCUT2D eigenvalue weighted by molar-refractivity contribution is 6.28. The smallest absolute Gasteiger partial charge is 0.224 e. The summed E-state index contributed by atoms with van der Waals surface area (Å²) in [6, 6.07) is 1.98. The second kappa shape index (κ2) is 5.20. The Morgan fingerprint density at radius 3 is 3.14 bits per heavy atom. The lowest BCUT2D eigenvalue weighted by molar-refractivity contribution is 1.12. The number of anilines is 1. The first kappa shape index (κ1) is 10.5. The maximum atomic E-state index is 8.73. The van der Waals surface area contributed by atoms with E-state index in [1.54, 1.807) is 0 Å². The van der Waals surface area contributed by atoms with Gasteiger partial charge in [-0.1, -0.05) is 12.2 Å². The third-order valence-corrected chi connectivity index (χ3v) is 1.68. The summed E-state index contributed by atoms with van der Waals surface area (Å²) in [6.07, 6.45) is 5.21. The predicted molar refractivity (Wildman–Crippen MR) is 55.1 cm³/mol. The van der Waals surface area contributed by atoms with Crippen molar-refractivity contribution in [1.82, 2.24) is 9.97 Å². The number of halogens is 1. The highest BCUT2D eigenvalue weighted by Crippen LogP contribution is 2.12. The summed E-state index contributed by atoms with van der Waals surface area (Å²) in [7, 11) is 0. The van der Waals surface area contributed by atoms with Crippen LogP contribution in [-0.2, 0) is 0 Å².